The number of hydrogen-bond acceptors (Lipinski definition) is 4. The molecule has 0 radical (unpaired) electrons. The standard InChI is InChI=1S/C15H22N2O4/c18-10-9-17(11-13-5-2-1-3-6-13)12-14(19)16-8-4-7-15(20)21/h1-3,5-6,18H,4,7-12H2,(H,16,19)(H,20,21). The number of nitrogens with zero attached hydrogens (tertiary/aromatic N) is 1. The summed E-state index contributed by atoms with van der Waals surface area (Å²) in [4.78, 5) is 24.0. The van der Waals surface area contributed by atoms with Crippen molar-refractivity contribution in [3.8, 4) is 0 Å². The highest BCUT2D eigenvalue weighted by Crippen LogP contribution is 2.03. The number of benzene rings is 1. The van der Waals surface area contributed by atoms with Crippen LogP contribution >= 0.6 is 0 Å². The lowest BCUT2D eigenvalue weighted by molar-refractivity contribution is -0.137. The minimum atomic E-state index is -0.866. The molecule has 0 spiro atoms. The molecule has 21 heavy (non-hydrogen) atoms. The van der Waals surface area contributed by atoms with E-state index in [4.69, 9.17) is 10.2 Å². The molecule has 0 fully saturated rings. The van der Waals surface area contributed by atoms with E-state index in [1.807, 2.05) is 35.2 Å². The largest absolute Gasteiger partial charge is 0.481 e. The van der Waals surface area contributed by atoms with Crippen molar-refractivity contribution in [1.29, 1.82) is 0 Å². The summed E-state index contributed by atoms with van der Waals surface area (Å²) >= 11 is 0. The summed E-state index contributed by atoms with van der Waals surface area (Å²) in [7, 11) is 0. The minimum absolute atomic E-state index is 0.0148. The van der Waals surface area contributed by atoms with Gasteiger partial charge in [-0.1, -0.05) is 30.3 Å². The first-order valence-electron chi connectivity index (χ1n) is 6.97. The highest BCUT2D eigenvalue weighted by molar-refractivity contribution is 5.78. The highest BCUT2D eigenvalue weighted by Gasteiger charge is 2.10. The SMILES string of the molecule is O=C(O)CCCNC(=O)CN(CCO)Cc1ccccc1. The van der Waals surface area contributed by atoms with Crippen LogP contribution in [0.2, 0.25) is 0 Å². The fourth-order valence-electron chi connectivity index (χ4n) is 1.92. The summed E-state index contributed by atoms with van der Waals surface area (Å²) in [6, 6.07) is 9.72. The molecule has 1 rings (SSSR count). The van der Waals surface area contributed by atoms with Crippen LogP contribution in [0, 0.1) is 0 Å². The van der Waals surface area contributed by atoms with Crippen molar-refractivity contribution in [3.05, 3.63) is 35.9 Å². The molecule has 3 N–H and O–H groups in total. The summed E-state index contributed by atoms with van der Waals surface area (Å²) in [6.45, 7) is 1.52. The third-order valence-corrected chi connectivity index (χ3v) is 2.92. The zero-order valence-corrected chi connectivity index (χ0v) is 12.0. The fraction of sp³-hybridized carbons (Fsp3) is 0.467. The van der Waals surface area contributed by atoms with Crippen molar-refractivity contribution in [2.24, 2.45) is 0 Å². The lowest BCUT2D eigenvalue weighted by Gasteiger charge is -2.20. The number of amides is 1. The number of carboxylic acids is 1. The zero-order chi connectivity index (χ0) is 15.5. The number of hydrogen-bond donors (Lipinski definition) is 3. The van der Waals surface area contributed by atoms with E-state index in [1.165, 1.54) is 0 Å². The van der Waals surface area contributed by atoms with Crippen LogP contribution < -0.4 is 5.32 Å². The lowest BCUT2D eigenvalue weighted by atomic mass is 10.2. The summed E-state index contributed by atoms with van der Waals surface area (Å²) < 4.78 is 0. The highest BCUT2D eigenvalue weighted by atomic mass is 16.4. The van der Waals surface area contributed by atoms with Gasteiger partial charge in [-0.3, -0.25) is 14.5 Å². The molecule has 0 atom stereocenters. The Balaban J connectivity index is 2.35. The quantitative estimate of drug-likeness (QED) is 0.546. The Morgan fingerprint density at radius 2 is 1.90 bits per heavy atom. The molecule has 1 aromatic carbocycles. The average molecular weight is 294 g/mol. The van der Waals surface area contributed by atoms with Crippen molar-refractivity contribution in [3.63, 3.8) is 0 Å². The second kappa shape index (κ2) is 9.90. The first-order valence-corrected chi connectivity index (χ1v) is 6.97. The maximum absolute atomic E-state index is 11.8. The summed E-state index contributed by atoms with van der Waals surface area (Å²) in [5.74, 6) is -1.03. The van der Waals surface area contributed by atoms with Gasteiger partial charge in [-0.15, -0.1) is 0 Å². The summed E-state index contributed by atoms with van der Waals surface area (Å²) in [5.41, 5.74) is 1.07. The summed E-state index contributed by atoms with van der Waals surface area (Å²) in [5, 5.41) is 20.3. The molecule has 1 amide bonds. The zero-order valence-electron chi connectivity index (χ0n) is 12.0. The fourth-order valence-corrected chi connectivity index (χ4v) is 1.92. The normalized spacial score (nSPS) is 10.6. The molecule has 0 unspecified atom stereocenters. The van der Waals surface area contributed by atoms with Crippen LogP contribution in [0.15, 0.2) is 30.3 Å². The Labute approximate surface area is 124 Å². The molecule has 0 saturated carbocycles. The van der Waals surface area contributed by atoms with Crippen molar-refractivity contribution < 1.29 is 19.8 Å². The maximum Gasteiger partial charge on any atom is 0.303 e. The molecule has 0 aromatic heterocycles. The second-order valence-corrected chi connectivity index (χ2v) is 4.77. The number of aliphatic hydroxyl groups is 1. The number of rotatable bonds is 10. The van der Waals surface area contributed by atoms with Crippen LogP contribution in [-0.4, -0.2) is 53.2 Å². The van der Waals surface area contributed by atoms with Gasteiger partial charge < -0.3 is 15.5 Å². The summed E-state index contributed by atoms with van der Waals surface area (Å²) in [6.07, 6.45) is 0.463. The molecular formula is C15H22N2O4. The van der Waals surface area contributed by atoms with Crippen molar-refractivity contribution in [2.75, 3.05) is 26.2 Å². The third kappa shape index (κ3) is 8.06. The van der Waals surface area contributed by atoms with Crippen LogP contribution in [0.5, 0.6) is 0 Å². The Bertz CT molecular complexity index is 437. The molecule has 116 valence electrons. The van der Waals surface area contributed by atoms with Gasteiger partial charge in [0.2, 0.25) is 5.91 Å². The molecule has 0 aliphatic carbocycles. The van der Waals surface area contributed by atoms with Gasteiger partial charge in [0.25, 0.3) is 0 Å². The third-order valence-electron chi connectivity index (χ3n) is 2.92. The van der Waals surface area contributed by atoms with Crippen LogP contribution in [0.4, 0.5) is 0 Å². The van der Waals surface area contributed by atoms with Gasteiger partial charge in [-0.05, 0) is 12.0 Å². The van der Waals surface area contributed by atoms with E-state index in [1.54, 1.807) is 0 Å². The first-order chi connectivity index (χ1) is 10.1. The van der Waals surface area contributed by atoms with Gasteiger partial charge >= 0.3 is 5.97 Å². The van der Waals surface area contributed by atoms with E-state index in [9.17, 15) is 9.59 Å². The van der Waals surface area contributed by atoms with Gasteiger partial charge in [0, 0.05) is 26.1 Å². The van der Waals surface area contributed by atoms with E-state index < -0.39 is 5.97 Å². The van der Waals surface area contributed by atoms with Crippen molar-refractivity contribution >= 4 is 11.9 Å². The molecular weight excluding hydrogens is 272 g/mol. The van der Waals surface area contributed by atoms with E-state index in [0.29, 0.717) is 26.1 Å². The van der Waals surface area contributed by atoms with Gasteiger partial charge in [0.1, 0.15) is 0 Å². The molecule has 6 heteroatoms. The molecule has 0 saturated heterocycles. The predicted octanol–water partition coefficient (Wildman–Crippen LogP) is 0.462. The molecule has 1 aromatic rings. The number of carbonyl (C=O) groups excluding carboxylic acids is 1. The van der Waals surface area contributed by atoms with Gasteiger partial charge in [-0.2, -0.15) is 0 Å². The number of carboxylic acid groups (broad SMARTS) is 1. The predicted molar refractivity (Wildman–Crippen MR) is 78.7 cm³/mol. The van der Waals surface area contributed by atoms with Crippen LogP contribution in [0.1, 0.15) is 18.4 Å². The molecule has 0 aliphatic rings. The van der Waals surface area contributed by atoms with Crippen molar-refractivity contribution in [1.82, 2.24) is 10.2 Å². The molecule has 0 bridgehead atoms. The monoisotopic (exact) mass is 294 g/mol. The van der Waals surface area contributed by atoms with Gasteiger partial charge in [-0.25, -0.2) is 0 Å². The second-order valence-electron chi connectivity index (χ2n) is 4.77. The Morgan fingerprint density at radius 1 is 1.19 bits per heavy atom. The van der Waals surface area contributed by atoms with Crippen LogP contribution in [0.25, 0.3) is 0 Å². The average Bonchev–Trinajstić information content (AvgIpc) is 2.45. The Morgan fingerprint density at radius 3 is 2.52 bits per heavy atom. The topological polar surface area (TPSA) is 89.9 Å². The number of nitrogens with one attached hydrogen (secondary N) is 1. The van der Waals surface area contributed by atoms with E-state index in [-0.39, 0.29) is 25.5 Å². The molecule has 0 aliphatic heterocycles. The van der Waals surface area contributed by atoms with E-state index in [0.717, 1.165) is 5.56 Å². The molecule has 6 nitrogen and oxygen atoms in total. The van der Waals surface area contributed by atoms with Crippen LogP contribution in [0.3, 0.4) is 0 Å². The number of aliphatic hydroxyl groups excluding tert-OH is 1. The van der Waals surface area contributed by atoms with E-state index in [2.05, 4.69) is 5.32 Å². The van der Waals surface area contributed by atoms with Crippen molar-refractivity contribution in [2.45, 2.75) is 19.4 Å². The lowest BCUT2D eigenvalue weighted by Crippen LogP contribution is -2.38. The molecule has 0 heterocycles. The Kier molecular flexibility index (Phi) is 8.08. The number of aliphatic carboxylic acids is 1. The maximum atomic E-state index is 11.8. The number of carbonyl (C=O) groups is 2. The van der Waals surface area contributed by atoms with E-state index >= 15 is 0 Å². The smallest absolute Gasteiger partial charge is 0.303 e. The van der Waals surface area contributed by atoms with Gasteiger partial charge in [0.15, 0.2) is 0 Å². The van der Waals surface area contributed by atoms with Gasteiger partial charge in [0.05, 0.1) is 13.2 Å². The Hall–Kier alpha value is -1.92. The first kappa shape index (κ1) is 17.1. The minimum Gasteiger partial charge on any atom is -0.481 e. The van der Waals surface area contributed by atoms with Crippen LogP contribution in [-0.2, 0) is 16.1 Å².